The molecule has 0 aromatic heterocycles. The van der Waals surface area contributed by atoms with Crippen LogP contribution >= 0.6 is 0 Å². The van der Waals surface area contributed by atoms with Gasteiger partial charge in [0.05, 0.1) is 24.2 Å². The highest BCUT2D eigenvalue weighted by Gasteiger charge is 2.54. The number of hydrogen-bond acceptors (Lipinski definition) is 6. The fourth-order valence-electron chi connectivity index (χ4n) is 5.95. The van der Waals surface area contributed by atoms with Crippen molar-refractivity contribution in [3.05, 3.63) is 35.9 Å². The number of carbonyl (C=O) groups excluding carboxylic acids is 1. The van der Waals surface area contributed by atoms with Crippen molar-refractivity contribution in [1.82, 2.24) is 4.90 Å². The van der Waals surface area contributed by atoms with Crippen LogP contribution in [0.3, 0.4) is 0 Å². The lowest BCUT2D eigenvalue weighted by Crippen LogP contribution is -2.50. The van der Waals surface area contributed by atoms with Crippen LogP contribution in [0.1, 0.15) is 85.6 Å². The maximum atomic E-state index is 13.5. The van der Waals surface area contributed by atoms with E-state index in [4.69, 9.17) is 18.9 Å². The van der Waals surface area contributed by atoms with Crippen molar-refractivity contribution in [3.8, 4) is 0 Å². The first kappa shape index (κ1) is 30.4. The Bertz CT molecular complexity index is 884. The normalized spacial score (nSPS) is 25.7. The molecule has 0 spiro atoms. The van der Waals surface area contributed by atoms with Crippen LogP contribution in [0.4, 0.5) is 4.79 Å². The summed E-state index contributed by atoms with van der Waals surface area (Å²) < 4.78 is 24.1. The molecule has 214 valence electrons. The Morgan fingerprint density at radius 2 is 1.87 bits per heavy atom. The molecule has 8 nitrogen and oxygen atoms in total. The Morgan fingerprint density at radius 3 is 2.45 bits per heavy atom. The third-order valence-corrected chi connectivity index (χ3v) is 7.67. The second kappa shape index (κ2) is 13.8. The van der Waals surface area contributed by atoms with Crippen LogP contribution in [0.2, 0.25) is 0 Å². The Kier molecular flexibility index (Phi) is 11.0. The van der Waals surface area contributed by atoms with Crippen molar-refractivity contribution < 1.29 is 33.6 Å². The molecule has 1 aromatic rings. The van der Waals surface area contributed by atoms with E-state index in [9.17, 15) is 14.7 Å². The summed E-state index contributed by atoms with van der Waals surface area (Å²) in [6.45, 7) is 12.7. The molecule has 6 atom stereocenters. The summed E-state index contributed by atoms with van der Waals surface area (Å²) in [5.41, 5.74) is -0.0315. The highest BCUT2D eigenvalue weighted by molar-refractivity contribution is 5.71. The van der Waals surface area contributed by atoms with Crippen molar-refractivity contribution in [2.24, 2.45) is 17.8 Å². The molecule has 4 unspecified atom stereocenters. The summed E-state index contributed by atoms with van der Waals surface area (Å²) in [7, 11) is 0. The smallest absolute Gasteiger partial charge is 0.412 e. The Balaban J connectivity index is 1.79. The van der Waals surface area contributed by atoms with E-state index in [2.05, 4.69) is 13.8 Å². The molecule has 0 saturated carbocycles. The number of hydrogen-bond donors (Lipinski definition) is 1. The van der Waals surface area contributed by atoms with Crippen LogP contribution in [0.15, 0.2) is 30.3 Å². The molecule has 3 rings (SSSR count). The second-order valence-corrected chi connectivity index (χ2v) is 11.6. The summed E-state index contributed by atoms with van der Waals surface area (Å²) in [4.78, 5) is 27.8. The maximum Gasteiger partial charge on any atom is 0.412 e. The predicted molar refractivity (Wildman–Crippen MR) is 144 cm³/mol. The summed E-state index contributed by atoms with van der Waals surface area (Å²) in [6, 6.07) is 9.26. The van der Waals surface area contributed by atoms with E-state index >= 15 is 0 Å². The zero-order valence-corrected chi connectivity index (χ0v) is 23.9. The molecule has 0 radical (unpaired) electrons. The average molecular weight is 534 g/mol. The molecule has 2 saturated heterocycles. The number of carboxylic acid groups (broad SMARTS) is 1. The van der Waals surface area contributed by atoms with E-state index in [1.807, 2.05) is 58.0 Å². The number of carboxylic acids is 1. The van der Waals surface area contributed by atoms with Gasteiger partial charge in [-0.2, -0.15) is 0 Å². The Hall–Kier alpha value is -2.16. The number of carbonyl (C=O) groups is 2. The molecule has 1 amide bonds. The van der Waals surface area contributed by atoms with Crippen molar-refractivity contribution in [2.45, 2.75) is 117 Å². The van der Waals surface area contributed by atoms with Gasteiger partial charge in [0, 0.05) is 12.5 Å². The van der Waals surface area contributed by atoms with Crippen LogP contribution in [-0.2, 0) is 30.3 Å². The molecule has 0 aliphatic carbocycles. The molecule has 2 heterocycles. The number of benzene rings is 1. The highest BCUT2D eigenvalue weighted by Crippen LogP contribution is 2.43. The van der Waals surface area contributed by atoms with E-state index in [0.717, 1.165) is 24.8 Å². The number of amides is 1. The molecule has 1 aromatic carbocycles. The molecular formula is C30H47NO7. The minimum absolute atomic E-state index is 0.165. The monoisotopic (exact) mass is 533 g/mol. The van der Waals surface area contributed by atoms with E-state index < -0.39 is 29.8 Å². The number of aliphatic carboxylic acids is 1. The molecule has 2 aliphatic rings. The molecule has 0 bridgehead atoms. The van der Waals surface area contributed by atoms with Gasteiger partial charge in [0.2, 0.25) is 0 Å². The zero-order chi connectivity index (χ0) is 27.9. The van der Waals surface area contributed by atoms with E-state index in [1.54, 1.807) is 4.90 Å². The molecule has 2 fully saturated rings. The average Bonchev–Trinajstić information content (AvgIpc) is 3.12. The standard InChI is InChI=1S/C30H47NO7/c1-7-23(24(28(32)33)18-21(4)37-26-15-11-12-16-35-26)27-25(17-20(2)3)31(30(5,6)38-27)29(34)36-19-22-13-9-8-10-14-22/h8-10,13-14,20-21,23-27H,7,11-12,15-19H2,1-6H3,(H,32,33)/t21?,23?,24?,25-,26?,27-/m0/s1. The highest BCUT2D eigenvalue weighted by atomic mass is 16.7. The Morgan fingerprint density at radius 1 is 1.16 bits per heavy atom. The minimum atomic E-state index is -0.938. The van der Waals surface area contributed by atoms with Crippen LogP contribution in [0.5, 0.6) is 0 Å². The molecule has 2 aliphatic heterocycles. The van der Waals surface area contributed by atoms with E-state index in [1.165, 1.54) is 0 Å². The summed E-state index contributed by atoms with van der Waals surface area (Å²) >= 11 is 0. The molecule has 38 heavy (non-hydrogen) atoms. The van der Waals surface area contributed by atoms with Gasteiger partial charge in [0.1, 0.15) is 12.3 Å². The van der Waals surface area contributed by atoms with Gasteiger partial charge < -0.3 is 24.1 Å². The number of nitrogens with zero attached hydrogens (tertiary/aromatic N) is 1. The largest absolute Gasteiger partial charge is 0.481 e. The van der Waals surface area contributed by atoms with Crippen LogP contribution in [0.25, 0.3) is 0 Å². The van der Waals surface area contributed by atoms with Gasteiger partial charge in [0.25, 0.3) is 0 Å². The third-order valence-electron chi connectivity index (χ3n) is 7.67. The van der Waals surface area contributed by atoms with Gasteiger partial charge in [0.15, 0.2) is 6.29 Å². The molecule has 8 heteroatoms. The van der Waals surface area contributed by atoms with Crippen LogP contribution in [-0.4, -0.2) is 58.9 Å². The van der Waals surface area contributed by atoms with E-state index in [0.29, 0.717) is 25.9 Å². The van der Waals surface area contributed by atoms with Crippen LogP contribution < -0.4 is 0 Å². The van der Waals surface area contributed by atoms with Crippen molar-refractivity contribution in [1.29, 1.82) is 0 Å². The maximum absolute atomic E-state index is 13.5. The Labute approximate surface area is 228 Å². The summed E-state index contributed by atoms with van der Waals surface area (Å²) in [5.74, 6) is -1.59. The lowest BCUT2D eigenvalue weighted by Gasteiger charge is -2.35. The van der Waals surface area contributed by atoms with Gasteiger partial charge in [-0.1, -0.05) is 51.1 Å². The van der Waals surface area contributed by atoms with E-state index in [-0.39, 0.29) is 36.9 Å². The topological polar surface area (TPSA) is 94.5 Å². The first-order valence-electron chi connectivity index (χ1n) is 14.2. The van der Waals surface area contributed by atoms with Crippen LogP contribution in [0, 0.1) is 17.8 Å². The third kappa shape index (κ3) is 7.93. The number of rotatable bonds is 12. The van der Waals surface area contributed by atoms with Gasteiger partial charge in [-0.25, -0.2) is 4.79 Å². The van der Waals surface area contributed by atoms with Gasteiger partial charge in [-0.05, 0) is 70.8 Å². The van der Waals surface area contributed by atoms with Gasteiger partial charge in [-0.3, -0.25) is 9.69 Å². The first-order valence-corrected chi connectivity index (χ1v) is 14.2. The fraction of sp³-hybridized carbons (Fsp3) is 0.733. The predicted octanol–water partition coefficient (Wildman–Crippen LogP) is 6.22. The molecule has 1 N–H and O–H groups in total. The zero-order valence-electron chi connectivity index (χ0n) is 23.9. The quantitative estimate of drug-likeness (QED) is 0.341. The van der Waals surface area contributed by atoms with Crippen molar-refractivity contribution in [2.75, 3.05) is 6.61 Å². The molecular weight excluding hydrogens is 486 g/mol. The number of ether oxygens (including phenoxy) is 4. The van der Waals surface area contributed by atoms with Crippen molar-refractivity contribution in [3.63, 3.8) is 0 Å². The minimum Gasteiger partial charge on any atom is -0.481 e. The summed E-state index contributed by atoms with van der Waals surface area (Å²) in [5, 5.41) is 10.3. The fourth-order valence-corrected chi connectivity index (χ4v) is 5.95. The second-order valence-electron chi connectivity index (χ2n) is 11.6. The lowest BCUT2D eigenvalue weighted by molar-refractivity contribution is -0.191. The SMILES string of the molecule is CCC(C(CC(C)OC1CCCCO1)C(=O)O)[C@@H]1OC(C)(C)N(C(=O)OCc2ccccc2)[C@H]1CC(C)C. The van der Waals surface area contributed by atoms with Crippen molar-refractivity contribution >= 4 is 12.1 Å². The van der Waals surface area contributed by atoms with Gasteiger partial charge >= 0.3 is 12.1 Å². The lowest BCUT2D eigenvalue weighted by atomic mass is 9.78. The van der Waals surface area contributed by atoms with Gasteiger partial charge in [-0.15, -0.1) is 0 Å². The first-order chi connectivity index (χ1) is 18.0. The summed E-state index contributed by atoms with van der Waals surface area (Å²) in [6.07, 6.45) is 3.09.